The largest absolute Gasteiger partial charge is 0.490 e. The van der Waals surface area contributed by atoms with Gasteiger partial charge in [-0.25, -0.2) is 9.78 Å². The summed E-state index contributed by atoms with van der Waals surface area (Å²) in [5.74, 6) is -5.75. The van der Waals surface area contributed by atoms with Gasteiger partial charge in [0.25, 0.3) is 5.95 Å². The van der Waals surface area contributed by atoms with Crippen molar-refractivity contribution in [3.05, 3.63) is 28.3 Å². The second-order valence-corrected chi connectivity index (χ2v) is 4.18. The minimum atomic E-state index is -5.08. The molecule has 0 aliphatic rings. The molecule has 0 spiro atoms. The van der Waals surface area contributed by atoms with Gasteiger partial charge in [-0.2, -0.15) is 17.6 Å². The number of aromatic nitrogens is 1. The molecule has 0 aliphatic carbocycles. The molecule has 0 aromatic carbocycles. The predicted octanol–water partition coefficient (Wildman–Crippen LogP) is 1.89. The molecule has 1 heterocycles. The zero-order valence-electron chi connectivity index (χ0n) is 11.9. The standard InChI is InChI=1S/C9H10FN3O4.C2HF3O2/c1-5(9(14)15)4-12-6-2-3-11-8(10)7(6)13(16)17;3-2(4,5)1(6)7/h2-3,5H,4H2,1H3,(H,11,12)(H,14,15);(H,6,7). The highest BCUT2D eigenvalue weighted by Crippen LogP contribution is 2.25. The fraction of sp³-hybridized carbons (Fsp3) is 0.364. The number of hydrogen-bond donors (Lipinski definition) is 3. The maximum atomic E-state index is 13.1. The van der Waals surface area contributed by atoms with Crippen LogP contribution in [0.1, 0.15) is 6.92 Å². The number of alkyl halides is 3. The number of carbonyl (C=O) groups is 2. The van der Waals surface area contributed by atoms with Crippen LogP contribution in [0, 0.1) is 22.0 Å². The Hall–Kier alpha value is -2.99. The molecule has 0 saturated heterocycles. The van der Waals surface area contributed by atoms with Crippen LogP contribution in [0.5, 0.6) is 0 Å². The molecular weight excluding hydrogens is 346 g/mol. The van der Waals surface area contributed by atoms with Crippen molar-refractivity contribution in [2.45, 2.75) is 13.1 Å². The summed E-state index contributed by atoms with van der Waals surface area (Å²) in [5.41, 5.74) is -0.874. The Kier molecular flexibility index (Phi) is 7.52. The van der Waals surface area contributed by atoms with Crippen LogP contribution in [0.3, 0.4) is 0 Å². The molecule has 0 fully saturated rings. The van der Waals surface area contributed by atoms with Crippen LogP contribution in [-0.4, -0.2) is 44.8 Å². The molecule has 24 heavy (non-hydrogen) atoms. The number of halogens is 4. The Morgan fingerprint density at radius 3 is 2.29 bits per heavy atom. The first kappa shape index (κ1) is 21.0. The Balaban J connectivity index is 0.000000640. The van der Waals surface area contributed by atoms with Crippen LogP contribution >= 0.6 is 0 Å². The second-order valence-electron chi connectivity index (χ2n) is 4.18. The highest BCUT2D eigenvalue weighted by Gasteiger charge is 2.38. The van der Waals surface area contributed by atoms with Gasteiger partial charge >= 0.3 is 23.8 Å². The SMILES string of the molecule is CC(CNc1ccnc(F)c1[N+](=O)[O-])C(=O)O.O=C(O)C(F)(F)F. The van der Waals surface area contributed by atoms with Gasteiger partial charge in [0.1, 0.15) is 5.69 Å². The quantitative estimate of drug-likeness (QED) is 0.314. The minimum Gasteiger partial charge on any atom is -0.481 e. The highest BCUT2D eigenvalue weighted by molar-refractivity contribution is 5.73. The number of hydrogen-bond acceptors (Lipinski definition) is 6. The van der Waals surface area contributed by atoms with Crippen LogP contribution in [0.25, 0.3) is 0 Å². The van der Waals surface area contributed by atoms with E-state index in [-0.39, 0.29) is 12.2 Å². The number of aliphatic carboxylic acids is 2. The van der Waals surface area contributed by atoms with Crippen LogP contribution in [0.15, 0.2) is 12.3 Å². The van der Waals surface area contributed by atoms with Crippen molar-refractivity contribution >= 4 is 23.3 Å². The number of anilines is 1. The van der Waals surface area contributed by atoms with Gasteiger partial charge in [-0.05, 0) is 6.07 Å². The summed E-state index contributed by atoms with van der Waals surface area (Å²) < 4.78 is 44.8. The number of carboxylic acid groups (broad SMARTS) is 2. The summed E-state index contributed by atoms with van der Waals surface area (Å²) in [7, 11) is 0. The fourth-order valence-electron chi connectivity index (χ4n) is 1.10. The summed E-state index contributed by atoms with van der Waals surface area (Å²) in [5, 5.41) is 28.9. The molecule has 1 atom stereocenters. The van der Waals surface area contributed by atoms with Crippen LogP contribution < -0.4 is 5.32 Å². The fourth-order valence-corrected chi connectivity index (χ4v) is 1.10. The van der Waals surface area contributed by atoms with Gasteiger partial charge in [-0.15, -0.1) is 0 Å². The van der Waals surface area contributed by atoms with Gasteiger partial charge in [-0.1, -0.05) is 6.92 Å². The molecular formula is C11H11F4N3O6. The van der Waals surface area contributed by atoms with E-state index in [1.54, 1.807) is 0 Å². The van der Waals surface area contributed by atoms with E-state index in [4.69, 9.17) is 15.0 Å². The van der Waals surface area contributed by atoms with Crippen molar-refractivity contribution in [1.29, 1.82) is 0 Å². The Labute approximate surface area is 131 Å². The normalized spacial score (nSPS) is 11.7. The zero-order valence-corrected chi connectivity index (χ0v) is 11.9. The molecule has 0 radical (unpaired) electrons. The maximum absolute atomic E-state index is 13.1. The average molecular weight is 357 g/mol. The van der Waals surface area contributed by atoms with Crippen molar-refractivity contribution in [2.24, 2.45) is 5.92 Å². The van der Waals surface area contributed by atoms with E-state index >= 15 is 0 Å². The average Bonchev–Trinajstić information content (AvgIpc) is 2.43. The molecule has 0 saturated carbocycles. The molecule has 1 aromatic heterocycles. The summed E-state index contributed by atoms with van der Waals surface area (Å²) in [4.78, 5) is 32.3. The maximum Gasteiger partial charge on any atom is 0.490 e. The lowest BCUT2D eigenvalue weighted by molar-refractivity contribution is -0.387. The second kappa shape index (κ2) is 8.59. The molecule has 3 N–H and O–H groups in total. The van der Waals surface area contributed by atoms with E-state index in [1.807, 2.05) is 0 Å². The minimum absolute atomic E-state index is 0.0420. The van der Waals surface area contributed by atoms with Gasteiger partial charge in [0.05, 0.1) is 10.8 Å². The molecule has 13 heteroatoms. The highest BCUT2D eigenvalue weighted by atomic mass is 19.4. The number of rotatable bonds is 5. The monoisotopic (exact) mass is 357 g/mol. The van der Waals surface area contributed by atoms with Gasteiger partial charge in [0.15, 0.2) is 0 Å². The van der Waals surface area contributed by atoms with Gasteiger partial charge in [0.2, 0.25) is 0 Å². The number of carboxylic acids is 2. The molecule has 0 aliphatic heterocycles. The van der Waals surface area contributed by atoms with Crippen molar-refractivity contribution < 1.29 is 42.3 Å². The first-order valence-electron chi connectivity index (χ1n) is 5.93. The number of nitrogens with zero attached hydrogens (tertiary/aromatic N) is 2. The lowest BCUT2D eigenvalue weighted by atomic mass is 10.2. The van der Waals surface area contributed by atoms with E-state index in [9.17, 15) is 32.5 Å². The Morgan fingerprint density at radius 2 is 1.92 bits per heavy atom. The number of nitro groups is 1. The smallest absolute Gasteiger partial charge is 0.481 e. The topological polar surface area (TPSA) is 143 Å². The summed E-state index contributed by atoms with van der Waals surface area (Å²) in [6, 6.07) is 1.22. The van der Waals surface area contributed by atoms with Gasteiger partial charge < -0.3 is 15.5 Å². The van der Waals surface area contributed by atoms with Gasteiger partial charge in [-0.3, -0.25) is 14.9 Å². The molecule has 1 aromatic rings. The van der Waals surface area contributed by atoms with Crippen LogP contribution in [0.4, 0.5) is 28.9 Å². The van der Waals surface area contributed by atoms with E-state index < -0.39 is 40.6 Å². The van der Waals surface area contributed by atoms with E-state index in [1.165, 1.54) is 13.0 Å². The van der Waals surface area contributed by atoms with Crippen molar-refractivity contribution in [2.75, 3.05) is 11.9 Å². The third-order valence-electron chi connectivity index (χ3n) is 2.32. The Morgan fingerprint density at radius 1 is 1.42 bits per heavy atom. The summed E-state index contributed by atoms with van der Waals surface area (Å²) in [6.45, 7) is 1.39. The number of pyridine rings is 1. The lowest BCUT2D eigenvalue weighted by Crippen LogP contribution is -2.21. The summed E-state index contributed by atoms with van der Waals surface area (Å²) in [6.07, 6.45) is -4.02. The molecule has 1 unspecified atom stereocenters. The van der Waals surface area contributed by atoms with Gasteiger partial charge in [0, 0.05) is 12.7 Å². The van der Waals surface area contributed by atoms with Crippen LogP contribution in [0.2, 0.25) is 0 Å². The third kappa shape index (κ3) is 6.85. The van der Waals surface area contributed by atoms with Crippen molar-refractivity contribution in [1.82, 2.24) is 4.98 Å². The van der Waals surface area contributed by atoms with Crippen LogP contribution in [-0.2, 0) is 9.59 Å². The molecule has 134 valence electrons. The van der Waals surface area contributed by atoms with Crippen molar-refractivity contribution in [3.8, 4) is 0 Å². The molecule has 0 bridgehead atoms. The zero-order chi connectivity index (χ0) is 19.1. The van der Waals surface area contributed by atoms with E-state index in [2.05, 4.69) is 10.3 Å². The first-order chi connectivity index (χ1) is 10.9. The summed E-state index contributed by atoms with van der Waals surface area (Å²) >= 11 is 0. The number of nitrogens with one attached hydrogen (secondary N) is 1. The molecule has 9 nitrogen and oxygen atoms in total. The molecule has 1 rings (SSSR count). The van der Waals surface area contributed by atoms with Crippen molar-refractivity contribution in [3.63, 3.8) is 0 Å². The van der Waals surface area contributed by atoms with E-state index in [0.29, 0.717) is 0 Å². The first-order valence-corrected chi connectivity index (χ1v) is 5.93. The van der Waals surface area contributed by atoms with E-state index in [0.717, 1.165) is 6.20 Å². The predicted molar refractivity (Wildman–Crippen MR) is 69.8 cm³/mol. The third-order valence-corrected chi connectivity index (χ3v) is 2.32. The molecule has 0 amide bonds. The Bertz CT molecular complexity index is 622. The lowest BCUT2D eigenvalue weighted by Gasteiger charge is -2.09.